The van der Waals surface area contributed by atoms with E-state index >= 15 is 0 Å². The third kappa shape index (κ3) is 1.74. The van der Waals surface area contributed by atoms with Crippen LogP contribution >= 0.6 is 0 Å². The van der Waals surface area contributed by atoms with Gasteiger partial charge in [0.2, 0.25) is 5.91 Å². The molecule has 1 aromatic carbocycles. The van der Waals surface area contributed by atoms with Crippen molar-refractivity contribution in [2.75, 3.05) is 4.90 Å². The highest BCUT2D eigenvalue weighted by molar-refractivity contribution is 6.06. The molecule has 0 spiro atoms. The fourth-order valence-electron chi connectivity index (χ4n) is 1.60. The first-order valence-electron chi connectivity index (χ1n) is 4.73. The van der Waals surface area contributed by atoms with Crippen LogP contribution in [0.25, 0.3) is 0 Å². The van der Waals surface area contributed by atoms with Crippen LogP contribution in [0, 0.1) is 5.82 Å². The largest absolute Gasteiger partial charge is 0.329 e. The van der Waals surface area contributed by atoms with Crippen LogP contribution in [-0.2, 0) is 4.79 Å². The van der Waals surface area contributed by atoms with Crippen LogP contribution in [0.2, 0.25) is 0 Å². The first-order valence-corrected chi connectivity index (χ1v) is 4.73. The van der Waals surface area contributed by atoms with Gasteiger partial charge in [0.15, 0.2) is 0 Å². The molecule has 84 valence electrons. The number of carbonyl (C=O) groups excluding carboxylic acids is 2. The van der Waals surface area contributed by atoms with E-state index in [-0.39, 0.29) is 12.1 Å². The number of hydrogen-bond acceptors (Lipinski definition) is 3. The minimum Gasteiger partial charge on any atom is -0.310 e. The van der Waals surface area contributed by atoms with Crippen LogP contribution in [0.3, 0.4) is 0 Å². The molecule has 5 nitrogen and oxygen atoms in total. The molecule has 3 amide bonds. The van der Waals surface area contributed by atoms with Crippen LogP contribution < -0.4 is 16.0 Å². The summed E-state index contributed by atoms with van der Waals surface area (Å²) in [6.45, 7) is 0. The Hall–Kier alpha value is -1.95. The number of anilines is 1. The Morgan fingerprint density at radius 1 is 1.38 bits per heavy atom. The minimum atomic E-state index is -0.835. The Kier molecular flexibility index (Phi) is 2.57. The summed E-state index contributed by atoms with van der Waals surface area (Å²) in [4.78, 5) is 23.6. The lowest BCUT2D eigenvalue weighted by atomic mass is 10.2. The number of urea groups is 1. The topological polar surface area (TPSA) is 75.4 Å². The minimum absolute atomic E-state index is 0.0416. The summed E-state index contributed by atoms with van der Waals surface area (Å²) in [7, 11) is 0. The number of nitrogens with one attached hydrogen (secondary N) is 1. The third-order valence-electron chi connectivity index (χ3n) is 2.30. The summed E-state index contributed by atoms with van der Waals surface area (Å²) in [5.74, 6) is -1.01. The molecule has 3 N–H and O–H groups in total. The number of carbonyl (C=O) groups is 2. The second-order valence-corrected chi connectivity index (χ2v) is 3.45. The molecule has 0 aromatic heterocycles. The van der Waals surface area contributed by atoms with E-state index in [2.05, 4.69) is 5.32 Å². The summed E-state index contributed by atoms with van der Waals surface area (Å²) >= 11 is 0. The van der Waals surface area contributed by atoms with Gasteiger partial charge in [-0.3, -0.25) is 15.0 Å². The number of nitrogens with two attached hydrogens (primary N) is 1. The Labute approximate surface area is 91.0 Å². The van der Waals surface area contributed by atoms with Crippen molar-refractivity contribution in [2.45, 2.75) is 12.6 Å². The highest BCUT2D eigenvalue weighted by atomic mass is 19.1. The zero-order valence-electron chi connectivity index (χ0n) is 8.31. The number of imide groups is 1. The van der Waals surface area contributed by atoms with Crippen molar-refractivity contribution in [3.8, 4) is 0 Å². The van der Waals surface area contributed by atoms with Crippen molar-refractivity contribution in [1.82, 2.24) is 5.32 Å². The molecular weight excluding hydrogens is 213 g/mol. The number of amides is 3. The van der Waals surface area contributed by atoms with Crippen LogP contribution in [0.1, 0.15) is 6.42 Å². The van der Waals surface area contributed by atoms with Crippen molar-refractivity contribution in [1.29, 1.82) is 0 Å². The summed E-state index contributed by atoms with van der Waals surface area (Å²) in [5, 5.41) is 2.09. The zero-order valence-corrected chi connectivity index (χ0v) is 8.31. The Balaban J connectivity index is 2.37. The highest BCUT2D eigenvalue weighted by Gasteiger charge is 2.32. The molecule has 0 bridgehead atoms. The molecule has 0 saturated carbocycles. The van der Waals surface area contributed by atoms with Crippen LogP contribution in [0.15, 0.2) is 24.3 Å². The lowest BCUT2D eigenvalue weighted by molar-refractivity contribution is -0.120. The van der Waals surface area contributed by atoms with E-state index in [1.807, 2.05) is 0 Å². The van der Waals surface area contributed by atoms with Gasteiger partial charge >= 0.3 is 6.03 Å². The van der Waals surface area contributed by atoms with Crippen molar-refractivity contribution in [3.63, 3.8) is 0 Å². The van der Waals surface area contributed by atoms with Gasteiger partial charge in [-0.2, -0.15) is 0 Å². The van der Waals surface area contributed by atoms with E-state index in [0.29, 0.717) is 0 Å². The second-order valence-electron chi connectivity index (χ2n) is 3.45. The van der Waals surface area contributed by atoms with Gasteiger partial charge in [-0.1, -0.05) is 12.1 Å². The SMILES string of the molecule is NC1CC(=O)NC(=O)N1c1ccccc1F. The van der Waals surface area contributed by atoms with Gasteiger partial charge in [-0.25, -0.2) is 9.18 Å². The first kappa shape index (κ1) is 10.6. The van der Waals surface area contributed by atoms with E-state index in [1.165, 1.54) is 18.2 Å². The Morgan fingerprint density at radius 2 is 2.06 bits per heavy atom. The summed E-state index contributed by atoms with van der Waals surface area (Å²) < 4.78 is 13.5. The van der Waals surface area contributed by atoms with Gasteiger partial charge in [0.05, 0.1) is 18.3 Å². The quantitative estimate of drug-likeness (QED) is 0.730. The number of rotatable bonds is 1. The van der Waals surface area contributed by atoms with E-state index in [9.17, 15) is 14.0 Å². The molecule has 1 aliphatic rings. The van der Waals surface area contributed by atoms with Gasteiger partial charge in [0.1, 0.15) is 5.82 Å². The predicted octanol–water partition coefficient (Wildman–Crippen LogP) is 0.557. The molecule has 1 saturated heterocycles. The normalized spacial score (nSPS) is 20.9. The van der Waals surface area contributed by atoms with Gasteiger partial charge < -0.3 is 5.73 Å². The molecule has 2 rings (SSSR count). The van der Waals surface area contributed by atoms with Gasteiger partial charge in [0, 0.05) is 0 Å². The predicted molar refractivity (Wildman–Crippen MR) is 55.0 cm³/mol. The fraction of sp³-hybridized carbons (Fsp3) is 0.200. The number of benzene rings is 1. The molecule has 1 aromatic rings. The lowest BCUT2D eigenvalue weighted by Crippen LogP contribution is -2.58. The number of para-hydroxylation sites is 1. The van der Waals surface area contributed by atoms with Gasteiger partial charge in [-0.05, 0) is 12.1 Å². The van der Waals surface area contributed by atoms with Crippen molar-refractivity contribution in [2.24, 2.45) is 5.73 Å². The van der Waals surface area contributed by atoms with Crippen LogP contribution in [0.4, 0.5) is 14.9 Å². The number of nitrogens with zero attached hydrogens (tertiary/aromatic N) is 1. The maximum Gasteiger partial charge on any atom is 0.329 e. The Morgan fingerprint density at radius 3 is 2.69 bits per heavy atom. The monoisotopic (exact) mass is 223 g/mol. The molecule has 0 aliphatic carbocycles. The van der Waals surface area contributed by atoms with E-state index in [0.717, 1.165) is 4.90 Å². The standard InChI is InChI=1S/C10H10FN3O2/c11-6-3-1-2-4-7(6)14-8(12)5-9(15)13-10(14)16/h1-4,8H,5,12H2,(H,13,15,16). The van der Waals surface area contributed by atoms with E-state index < -0.39 is 23.9 Å². The van der Waals surface area contributed by atoms with Gasteiger partial charge in [-0.15, -0.1) is 0 Å². The zero-order chi connectivity index (χ0) is 11.7. The molecule has 16 heavy (non-hydrogen) atoms. The average Bonchev–Trinajstić information content (AvgIpc) is 2.19. The molecule has 1 heterocycles. The van der Waals surface area contributed by atoms with Crippen molar-refractivity contribution in [3.05, 3.63) is 30.1 Å². The van der Waals surface area contributed by atoms with Crippen molar-refractivity contribution < 1.29 is 14.0 Å². The number of hydrogen-bond donors (Lipinski definition) is 2. The lowest BCUT2D eigenvalue weighted by Gasteiger charge is -2.32. The van der Waals surface area contributed by atoms with E-state index in [1.54, 1.807) is 6.07 Å². The molecular formula is C10H10FN3O2. The molecule has 6 heteroatoms. The number of halogens is 1. The third-order valence-corrected chi connectivity index (χ3v) is 2.30. The summed E-state index contributed by atoms with van der Waals surface area (Å²) in [6.07, 6.45) is -0.877. The summed E-state index contributed by atoms with van der Waals surface area (Å²) in [6, 6.07) is 5.07. The van der Waals surface area contributed by atoms with Gasteiger partial charge in [0.25, 0.3) is 0 Å². The van der Waals surface area contributed by atoms with Crippen LogP contribution in [-0.4, -0.2) is 18.1 Å². The first-order chi connectivity index (χ1) is 7.59. The maximum atomic E-state index is 13.5. The second kappa shape index (κ2) is 3.90. The molecule has 1 fully saturated rings. The Bertz CT molecular complexity index is 449. The van der Waals surface area contributed by atoms with Crippen LogP contribution in [0.5, 0.6) is 0 Å². The molecule has 0 radical (unpaired) electrons. The maximum absolute atomic E-state index is 13.5. The highest BCUT2D eigenvalue weighted by Crippen LogP contribution is 2.22. The average molecular weight is 223 g/mol. The molecule has 1 unspecified atom stereocenters. The molecule has 1 atom stereocenters. The van der Waals surface area contributed by atoms with Crippen molar-refractivity contribution >= 4 is 17.6 Å². The smallest absolute Gasteiger partial charge is 0.310 e. The van der Waals surface area contributed by atoms with E-state index in [4.69, 9.17) is 5.73 Å². The summed E-state index contributed by atoms with van der Waals surface area (Å²) in [5.41, 5.74) is 5.71. The molecule has 1 aliphatic heterocycles. The fourth-order valence-corrected chi connectivity index (χ4v) is 1.60.